The minimum absolute atomic E-state index is 0.0488. The van der Waals surface area contributed by atoms with Crippen molar-refractivity contribution in [3.63, 3.8) is 0 Å². The number of hydrogen-bond donors (Lipinski definition) is 2. The van der Waals surface area contributed by atoms with Crippen LogP contribution in [0.3, 0.4) is 0 Å². The maximum atomic E-state index is 12.8. The van der Waals surface area contributed by atoms with Crippen LogP contribution in [0.25, 0.3) is 0 Å². The van der Waals surface area contributed by atoms with E-state index in [2.05, 4.69) is 0 Å². The number of carbonyl (C=O) groups is 1. The number of rotatable bonds is 6. The highest BCUT2D eigenvalue weighted by atomic mass is 32.2. The molecule has 0 radical (unpaired) electrons. The molecule has 1 fully saturated rings. The standard InChI is InChI=1S/C19H20F3NO5S2/c1-2-29-15-8-11(18-27-6-3-7-28-18)10-23(16(15)17(25)26)13-9-12(4-5-14(13)24)30-19(20,21)22/h4-5,8-10,16,18,24H,2-3,6-7H2,1H3,(H,25,26). The van der Waals surface area contributed by atoms with E-state index in [1.807, 2.05) is 6.92 Å². The molecule has 0 spiro atoms. The molecular weight excluding hydrogens is 443 g/mol. The van der Waals surface area contributed by atoms with Gasteiger partial charge in [-0.25, -0.2) is 4.79 Å². The van der Waals surface area contributed by atoms with Gasteiger partial charge in [0.25, 0.3) is 0 Å². The normalized spacial score (nSPS) is 20.7. The van der Waals surface area contributed by atoms with E-state index in [1.165, 1.54) is 22.9 Å². The van der Waals surface area contributed by atoms with Crippen molar-refractivity contribution in [2.45, 2.75) is 36.1 Å². The lowest BCUT2D eigenvalue weighted by molar-refractivity contribution is -0.154. The van der Waals surface area contributed by atoms with Gasteiger partial charge in [-0.15, -0.1) is 11.8 Å². The van der Waals surface area contributed by atoms with Crippen molar-refractivity contribution in [1.82, 2.24) is 0 Å². The second kappa shape index (κ2) is 9.54. The van der Waals surface area contributed by atoms with Crippen molar-refractivity contribution in [1.29, 1.82) is 0 Å². The van der Waals surface area contributed by atoms with E-state index >= 15 is 0 Å². The number of nitrogens with zero attached hydrogens (tertiary/aromatic N) is 1. The number of alkyl halides is 3. The summed E-state index contributed by atoms with van der Waals surface area (Å²) in [4.78, 5) is 13.6. The van der Waals surface area contributed by atoms with Gasteiger partial charge >= 0.3 is 11.5 Å². The molecule has 3 rings (SSSR count). The zero-order valence-electron chi connectivity index (χ0n) is 15.9. The first-order chi connectivity index (χ1) is 14.2. The van der Waals surface area contributed by atoms with E-state index in [9.17, 15) is 28.2 Å². The minimum Gasteiger partial charge on any atom is -0.506 e. The van der Waals surface area contributed by atoms with Gasteiger partial charge in [-0.05, 0) is 48.2 Å². The molecule has 0 aromatic heterocycles. The third-order valence-electron chi connectivity index (χ3n) is 4.25. The monoisotopic (exact) mass is 463 g/mol. The molecule has 2 heterocycles. The van der Waals surface area contributed by atoms with Crippen LogP contribution in [0.4, 0.5) is 18.9 Å². The van der Waals surface area contributed by atoms with Crippen LogP contribution in [0, 0.1) is 0 Å². The number of aromatic hydroxyl groups is 1. The Morgan fingerprint density at radius 3 is 2.60 bits per heavy atom. The lowest BCUT2D eigenvalue weighted by Crippen LogP contribution is -2.42. The summed E-state index contributed by atoms with van der Waals surface area (Å²) >= 11 is 0.957. The second-order valence-corrected chi connectivity index (χ2v) is 8.86. The van der Waals surface area contributed by atoms with Crippen molar-refractivity contribution < 1.29 is 37.7 Å². The molecule has 0 aliphatic carbocycles. The molecular formula is C19H20F3NO5S2. The van der Waals surface area contributed by atoms with Gasteiger partial charge in [0, 0.05) is 21.6 Å². The van der Waals surface area contributed by atoms with Crippen molar-refractivity contribution in [2.75, 3.05) is 23.9 Å². The lowest BCUT2D eigenvalue weighted by Gasteiger charge is -2.36. The molecule has 0 saturated carbocycles. The highest BCUT2D eigenvalue weighted by molar-refractivity contribution is 8.03. The Bertz CT molecular complexity index is 853. The summed E-state index contributed by atoms with van der Waals surface area (Å²) < 4.78 is 49.7. The first-order valence-corrected chi connectivity index (χ1v) is 10.9. The fraction of sp³-hybridized carbons (Fsp3) is 0.421. The van der Waals surface area contributed by atoms with Gasteiger partial charge in [-0.3, -0.25) is 0 Å². The second-order valence-electron chi connectivity index (χ2n) is 6.38. The molecule has 11 heteroatoms. The Labute approximate surface area is 179 Å². The van der Waals surface area contributed by atoms with Gasteiger partial charge in [-0.2, -0.15) is 13.2 Å². The van der Waals surface area contributed by atoms with E-state index in [0.29, 0.717) is 29.4 Å². The Balaban J connectivity index is 2.06. The maximum Gasteiger partial charge on any atom is 0.446 e. The molecule has 1 atom stereocenters. The quantitative estimate of drug-likeness (QED) is 0.595. The van der Waals surface area contributed by atoms with Crippen LogP contribution >= 0.6 is 23.5 Å². The fourth-order valence-electron chi connectivity index (χ4n) is 3.11. The van der Waals surface area contributed by atoms with Crippen LogP contribution in [0.1, 0.15) is 13.3 Å². The lowest BCUT2D eigenvalue weighted by atomic mass is 10.1. The fourth-order valence-corrected chi connectivity index (χ4v) is 4.60. The average Bonchev–Trinajstić information content (AvgIpc) is 2.68. The van der Waals surface area contributed by atoms with Crippen LogP contribution in [-0.4, -0.2) is 53.0 Å². The van der Waals surface area contributed by atoms with Crippen molar-refractivity contribution in [3.05, 3.63) is 41.0 Å². The molecule has 1 aromatic rings. The predicted octanol–water partition coefficient (Wildman–Crippen LogP) is 4.56. The number of carboxylic acid groups (broad SMARTS) is 1. The van der Waals surface area contributed by atoms with E-state index in [1.54, 1.807) is 6.08 Å². The topological polar surface area (TPSA) is 79.2 Å². The number of thioether (sulfide) groups is 2. The number of benzene rings is 1. The van der Waals surface area contributed by atoms with Crippen LogP contribution in [0.2, 0.25) is 0 Å². The smallest absolute Gasteiger partial charge is 0.446 e. The van der Waals surface area contributed by atoms with Gasteiger partial charge in [0.15, 0.2) is 12.3 Å². The number of anilines is 1. The summed E-state index contributed by atoms with van der Waals surface area (Å²) in [6.07, 6.45) is 3.12. The van der Waals surface area contributed by atoms with Gasteiger partial charge in [0.2, 0.25) is 0 Å². The van der Waals surface area contributed by atoms with E-state index in [-0.39, 0.29) is 28.1 Å². The average molecular weight is 463 g/mol. The molecule has 1 unspecified atom stereocenters. The number of ether oxygens (including phenoxy) is 2. The number of hydrogen-bond acceptors (Lipinski definition) is 7. The highest BCUT2D eigenvalue weighted by Gasteiger charge is 2.36. The number of phenols is 1. The molecule has 6 nitrogen and oxygen atoms in total. The van der Waals surface area contributed by atoms with Crippen LogP contribution < -0.4 is 4.90 Å². The zero-order valence-corrected chi connectivity index (χ0v) is 17.5. The molecule has 30 heavy (non-hydrogen) atoms. The summed E-state index contributed by atoms with van der Waals surface area (Å²) in [6, 6.07) is 2.17. The van der Waals surface area contributed by atoms with Gasteiger partial charge in [0.1, 0.15) is 5.75 Å². The molecule has 2 aliphatic heterocycles. The summed E-state index contributed by atoms with van der Waals surface area (Å²) in [5.74, 6) is -0.952. The summed E-state index contributed by atoms with van der Waals surface area (Å²) in [7, 11) is 0. The molecule has 0 bridgehead atoms. The molecule has 164 valence electrons. The van der Waals surface area contributed by atoms with E-state index in [4.69, 9.17) is 9.47 Å². The molecule has 2 N–H and O–H groups in total. The first kappa shape index (κ1) is 22.9. The third-order valence-corrected chi connectivity index (χ3v) is 5.93. The Hall–Kier alpha value is -1.82. The summed E-state index contributed by atoms with van der Waals surface area (Å²) in [6.45, 7) is 2.80. The van der Waals surface area contributed by atoms with Crippen LogP contribution in [0.5, 0.6) is 5.75 Å². The summed E-state index contributed by atoms with van der Waals surface area (Å²) in [5.41, 5.74) is -4.04. The van der Waals surface area contributed by atoms with E-state index in [0.717, 1.165) is 24.6 Å². The predicted molar refractivity (Wildman–Crippen MR) is 109 cm³/mol. The SMILES string of the molecule is CCSC1=CC(C2OCCCO2)=CN(c2cc(SC(F)(F)F)ccc2O)C1C(=O)O. The number of carboxylic acids is 1. The maximum absolute atomic E-state index is 12.8. The van der Waals surface area contributed by atoms with E-state index < -0.39 is 23.8 Å². The molecule has 0 amide bonds. The largest absolute Gasteiger partial charge is 0.506 e. The summed E-state index contributed by atoms with van der Waals surface area (Å²) in [5, 5.41) is 20.2. The van der Waals surface area contributed by atoms with Crippen molar-refractivity contribution >= 4 is 35.2 Å². The highest BCUT2D eigenvalue weighted by Crippen LogP contribution is 2.43. The third kappa shape index (κ3) is 5.45. The van der Waals surface area contributed by atoms with Crippen molar-refractivity contribution in [2.24, 2.45) is 0 Å². The van der Waals surface area contributed by atoms with Crippen molar-refractivity contribution in [3.8, 4) is 5.75 Å². The Morgan fingerprint density at radius 1 is 1.30 bits per heavy atom. The van der Waals surface area contributed by atoms with Crippen LogP contribution in [0.15, 0.2) is 45.8 Å². The molecule has 1 saturated heterocycles. The van der Waals surface area contributed by atoms with Gasteiger partial charge in [-0.1, -0.05) is 6.92 Å². The van der Waals surface area contributed by atoms with Crippen LogP contribution in [-0.2, 0) is 14.3 Å². The van der Waals surface area contributed by atoms with Gasteiger partial charge in [0.05, 0.1) is 18.9 Å². The Kier molecular flexibility index (Phi) is 7.27. The number of aliphatic carboxylic acids is 1. The zero-order chi connectivity index (χ0) is 21.9. The van der Waals surface area contributed by atoms with Gasteiger partial charge < -0.3 is 24.6 Å². The molecule has 1 aromatic carbocycles. The Morgan fingerprint density at radius 2 is 2.00 bits per heavy atom. The number of halogens is 3. The first-order valence-electron chi connectivity index (χ1n) is 9.09. The molecule has 2 aliphatic rings. The number of phenolic OH excluding ortho intramolecular Hbond substituents is 1. The minimum atomic E-state index is -4.52.